The van der Waals surface area contributed by atoms with Gasteiger partial charge in [-0.2, -0.15) is 0 Å². The van der Waals surface area contributed by atoms with Crippen molar-refractivity contribution in [1.29, 1.82) is 0 Å². The van der Waals surface area contributed by atoms with Crippen molar-refractivity contribution in [2.75, 3.05) is 6.54 Å². The van der Waals surface area contributed by atoms with Gasteiger partial charge in [-0.25, -0.2) is 4.79 Å². The molecule has 1 aliphatic rings. The number of amides is 4. The Morgan fingerprint density at radius 3 is 2.21 bits per heavy atom. The molecule has 0 bridgehead atoms. The van der Waals surface area contributed by atoms with Crippen LogP contribution in [0.15, 0.2) is 54.6 Å². The lowest BCUT2D eigenvalue weighted by molar-refractivity contribution is -0.135. The van der Waals surface area contributed by atoms with E-state index < -0.39 is 17.5 Å². The molecule has 2 aromatic carbocycles. The van der Waals surface area contributed by atoms with E-state index in [0.29, 0.717) is 11.5 Å². The van der Waals surface area contributed by atoms with Crippen LogP contribution >= 0.6 is 0 Å². The molecule has 4 amide bonds. The van der Waals surface area contributed by atoms with Crippen molar-refractivity contribution >= 4 is 17.8 Å². The van der Waals surface area contributed by atoms with Gasteiger partial charge in [0.15, 0.2) is 0 Å². The smallest absolute Gasteiger partial charge is 0.325 e. The molecule has 1 saturated heterocycles. The molecule has 1 heterocycles. The molecule has 3 rings (SSSR count). The molecule has 0 spiro atoms. The van der Waals surface area contributed by atoms with Crippen LogP contribution in [0.25, 0.3) is 0 Å². The van der Waals surface area contributed by atoms with E-state index in [9.17, 15) is 14.4 Å². The third-order valence-electron chi connectivity index (χ3n) is 5.41. The van der Waals surface area contributed by atoms with Crippen molar-refractivity contribution in [3.63, 3.8) is 0 Å². The van der Waals surface area contributed by atoms with E-state index in [4.69, 9.17) is 0 Å². The molecule has 152 valence electrons. The Kier molecular flexibility index (Phi) is 5.73. The lowest BCUT2D eigenvalue weighted by Crippen LogP contribution is -2.43. The van der Waals surface area contributed by atoms with Crippen LogP contribution in [-0.4, -0.2) is 29.3 Å². The number of nitrogens with one attached hydrogen (secondary N) is 2. The molecule has 0 aliphatic carbocycles. The molecular formula is C23H27N3O3. The van der Waals surface area contributed by atoms with Crippen molar-refractivity contribution < 1.29 is 14.4 Å². The number of nitrogens with zero attached hydrogens (tertiary/aromatic N) is 1. The topological polar surface area (TPSA) is 78.5 Å². The third kappa shape index (κ3) is 4.16. The van der Waals surface area contributed by atoms with Gasteiger partial charge in [0.1, 0.15) is 12.1 Å². The van der Waals surface area contributed by atoms with Gasteiger partial charge in [-0.05, 0) is 36.5 Å². The maximum atomic E-state index is 13.0. The van der Waals surface area contributed by atoms with E-state index in [1.54, 1.807) is 6.92 Å². The van der Waals surface area contributed by atoms with E-state index in [0.717, 1.165) is 16.0 Å². The summed E-state index contributed by atoms with van der Waals surface area (Å²) < 4.78 is 0. The largest absolute Gasteiger partial charge is 0.348 e. The van der Waals surface area contributed by atoms with Crippen molar-refractivity contribution in [3.8, 4) is 0 Å². The predicted molar refractivity (Wildman–Crippen MR) is 111 cm³/mol. The molecule has 6 nitrogen and oxygen atoms in total. The average Bonchev–Trinajstić information content (AvgIpc) is 2.92. The molecule has 0 saturated carbocycles. The Morgan fingerprint density at radius 1 is 1.00 bits per heavy atom. The SMILES string of the molecule is CC(C)c1ccc([C@]2(C)NC(=O)N(CC(=O)N[C@@H](C)c3ccccc3)C2=O)cc1. The number of carbonyl (C=O) groups excluding carboxylic acids is 3. The minimum Gasteiger partial charge on any atom is -0.348 e. The van der Waals surface area contributed by atoms with Crippen LogP contribution in [0.1, 0.15) is 56.3 Å². The normalized spacial score (nSPS) is 20.0. The summed E-state index contributed by atoms with van der Waals surface area (Å²) in [4.78, 5) is 38.9. The summed E-state index contributed by atoms with van der Waals surface area (Å²) in [5, 5.41) is 5.58. The van der Waals surface area contributed by atoms with Crippen LogP contribution in [0.5, 0.6) is 0 Å². The standard InChI is InChI=1S/C23H27N3O3/c1-15(2)17-10-12-19(13-11-17)23(4)21(28)26(22(29)25-23)14-20(27)24-16(3)18-8-6-5-7-9-18/h5-13,15-16H,14H2,1-4H3,(H,24,27)(H,25,29)/t16-,23-/m0/s1. The average molecular weight is 393 g/mol. The van der Waals surface area contributed by atoms with E-state index >= 15 is 0 Å². The van der Waals surface area contributed by atoms with Gasteiger partial charge in [-0.1, -0.05) is 68.4 Å². The predicted octanol–water partition coefficient (Wildman–Crippen LogP) is 3.45. The first-order chi connectivity index (χ1) is 13.7. The van der Waals surface area contributed by atoms with Gasteiger partial charge in [-0.15, -0.1) is 0 Å². The first kappa shape index (κ1) is 20.6. The molecule has 2 N–H and O–H groups in total. The summed E-state index contributed by atoms with van der Waals surface area (Å²) in [6, 6.07) is 16.4. The summed E-state index contributed by atoms with van der Waals surface area (Å²) in [7, 11) is 0. The number of hydrogen-bond acceptors (Lipinski definition) is 3. The maximum Gasteiger partial charge on any atom is 0.325 e. The van der Waals surface area contributed by atoms with Crippen LogP contribution in [0, 0.1) is 0 Å². The highest BCUT2D eigenvalue weighted by Crippen LogP contribution is 2.30. The number of hydrogen-bond donors (Lipinski definition) is 2. The maximum absolute atomic E-state index is 13.0. The van der Waals surface area contributed by atoms with Crippen LogP contribution in [0.3, 0.4) is 0 Å². The summed E-state index contributed by atoms with van der Waals surface area (Å²) >= 11 is 0. The van der Waals surface area contributed by atoms with E-state index in [2.05, 4.69) is 24.5 Å². The highest BCUT2D eigenvalue weighted by Gasteiger charge is 2.49. The van der Waals surface area contributed by atoms with Crippen molar-refractivity contribution in [3.05, 3.63) is 71.3 Å². The molecule has 2 atom stereocenters. The monoisotopic (exact) mass is 393 g/mol. The van der Waals surface area contributed by atoms with Crippen LogP contribution in [-0.2, 0) is 15.1 Å². The number of rotatable bonds is 6. The molecule has 29 heavy (non-hydrogen) atoms. The Labute approximate surface area is 171 Å². The van der Waals surface area contributed by atoms with Gasteiger partial charge in [0.05, 0.1) is 6.04 Å². The zero-order valence-electron chi connectivity index (χ0n) is 17.2. The first-order valence-corrected chi connectivity index (χ1v) is 9.81. The molecule has 6 heteroatoms. The summed E-state index contributed by atoms with van der Waals surface area (Å²) in [5.41, 5.74) is 1.62. The lowest BCUT2D eigenvalue weighted by atomic mass is 9.90. The van der Waals surface area contributed by atoms with Crippen LogP contribution in [0.4, 0.5) is 4.79 Å². The molecular weight excluding hydrogens is 366 g/mol. The van der Waals surface area contributed by atoms with E-state index in [1.807, 2.05) is 61.5 Å². The van der Waals surface area contributed by atoms with Gasteiger partial charge in [-0.3, -0.25) is 14.5 Å². The second-order valence-corrected chi connectivity index (χ2v) is 7.92. The van der Waals surface area contributed by atoms with E-state index in [-0.39, 0.29) is 18.5 Å². The molecule has 1 fully saturated rings. The fourth-order valence-corrected chi connectivity index (χ4v) is 3.49. The van der Waals surface area contributed by atoms with E-state index in [1.165, 1.54) is 0 Å². The fraction of sp³-hybridized carbons (Fsp3) is 0.348. The first-order valence-electron chi connectivity index (χ1n) is 9.81. The van der Waals surface area contributed by atoms with Gasteiger partial charge in [0.2, 0.25) is 5.91 Å². The Balaban J connectivity index is 1.70. The fourth-order valence-electron chi connectivity index (χ4n) is 3.49. The zero-order chi connectivity index (χ0) is 21.2. The summed E-state index contributed by atoms with van der Waals surface area (Å²) in [5.74, 6) is -0.441. The van der Waals surface area contributed by atoms with Crippen molar-refractivity contribution in [1.82, 2.24) is 15.5 Å². The number of benzene rings is 2. The minimum atomic E-state index is -1.18. The Hall–Kier alpha value is -3.15. The van der Waals surface area contributed by atoms with Gasteiger partial charge >= 0.3 is 6.03 Å². The van der Waals surface area contributed by atoms with Gasteiger partial charge < -0.3 is 10.6 Å². The highest BCUT2D eigenvalue weighted by atomic mass is 16.2. The van der Waals surface area contributed by atoms with Crippen molar-refractivity contribution in [2.45, 2.75) is 45.2 Å². The Morgan fingerprint density at radius 2 is 1.62 bits per heavy atom. The highest BCUT2D eigenvalue weighted by molar-refractivity contribution is 6.09. The van der Waals surface area contributed by atoms with Crippen molar-refractivity contribution in [2.24, 2.45) is 0 Å². The van der Waals surface area contributed by atoms with Gasteiger partial charge in [0.25, 0.3) is 5.91 Å². The number of urea groups is 1. The lowest BCUT2D eigenvalue weighted by Gasteiger charge is -2.23. The Bertz CT molecular complexity index is 909. The molecule has 0 aromatic heterocycles. The summed E-state index contributed by atoms with van der Waals surface area (Å²) in [6.45, 7) is 7.40. The third-order valence-corrected chi connectivity index (χ3v) is 5.41. The summed E-state index contributed by atoms with van der Waals surface area (Å²) in [6.07, 6.45) is 0. The van der Waals surface area contributed by atoms with Gasteiger partial charge in [0, 0.05) is 0 Å². The second kappa shape index (κ2) is 8.07. The molecule has 1 aliphatic heterocycles. The van der Waals surface area contributed by atoms with Crippen LogP contribution in [0.2, 0.25) is 0 Å². The molecule has 2 aromatic rings. The number of carbonyl (C=O) groups is 3. The quantitative estimate of drug-likeness (QED) is 0.738. The number of imide groups is 1. The zero-order valence-corrected chi connectivity index (χ0v) is 17.2. The molecule has 0 unspecified atom stereocenters. The molecule has 0 radical (unpaired) electrons. The minimum absolute atomic E-state index is 0.223. The second-order valence-electron chi connectivity index (χ2n) is 7.92. The van der Waals surface area contributed by atoms with Crippen LogP contribution < -0.4 is 10.6 Å².